The number of amides is 1. The van der Waals surface area contributed by atoms with Crippen LogP contribution in [0.3, 0.4) is 0 Å². The maximum atomic E-state index is 12.9. The van der Waals surface area contributed by atoms with Crippen molar-refractivity contribution in [3.8, 4) is 5.75 Å². The molecule has 3 aromatic rings. The summed E-state index contributed by atoms with van der Waals surface area (Å²) < 4.78 is 6.16. The molecule has 4 rings (SSSR count). The number of phenolic OH excluding ortho intramolecular Hbond substituents is 1. The zero-order valence-corrected chi connectivity index (χ0v) is 16.7. The molecule has 146 valence electrons. The molecule has 0 aliphatic carbocycles. The van der Waals surface area contributed by atoms with Gasteiger partial charge in [0.05, 0.1) is 24.4 Å². The van der Waals surface area contributed by atoms with Crippen LogP contribution in [0.15, 0.2) is 81.4 Å². The summed E-state index contributed by atoms with van der Waals surface area (Å²) in [5.74, 6) is -1.31. The first-order chi connectivity index (χ1) is 14.0. The van der Waals surface area contributed by atoms with Crippen LogP contribution in [0.1, 0.15) is 22.9 Å². The monoisotopic (exact) mass is 453 g/mol. The number of halogens is 1. The van der Waals surface area contributed by atoms with E-state index in [9.17, 15) is 19.8 Å². The minimum absolute atomic E-state index is 0.00488. The quantitative estimate of drug-likeness (QED) is 0.347. The lowest BCUT2D eigenvalue weighted by molar-refractivity contribution is -0.140. The number of furan rings is 1. The van der Waals surface area contributed by atoms with Gasteiger partial charge in [-0.1, -0.05) is 40.2 Å². The van der Waals surface area contributed by atoms with Crippen molar-refractivity contribution in [3.63, 3.8) is 0 Å². The molecular weight excluding hydrogens is 438 g/mol. The van der Waals surface area contributed by atoms with Crippen LogP contribution < -0.4 is 0 Å². The molecule has 2 aromatic carbocycles. The normalized spacial score (nSPS) is 18.4. The fraction of sp³-hybridized carbons (Fsp3) is 0.0909. The standard InChI is InChI=1S/C22H16BrNO5/c23-15-8-6-13(7-9-15)20(26)18-19(14-3-1-4-16(25)11-14)24(22(28)21(18)27)12-17-5-2-10-29-17/h1-11,19,25-26H,12H2/t19-/m0/s1. The number of nitrogens with zero attached hydrogens (tertiary/aromatic N) is 1. The predicted molar refractivity (Wildman–Crippen MR) is 109 cm³/mol. The van der Waals surface area contributed by atoms with Gasteiger partial charge in [-0.15, -0.1) is 0 Å². The molecule has 0 saturated carbocycles. The molecule has 1 aliphatic rings. The Hall–Kier alpha value is -3.32. The van der Waals surface area contributed by atoms with E-state index in [0.717, 1.165) is 4.47 Å². The number of Topliss-reactive ketones (excluding diaryl/α,β-unsaturated/α-hetero) is 1. The second-order valence-corrected chi connectivity index (χ2v) is 7.52. The Morgan fingerprint density at radius 3 is 2.48 bits per heavy atom. The number of carbonyl (C=O) groups is 2. The van der Waals surface area contributed by atoms with E-state index in [1.165, 1.54) is 23.3 Å². The SMILES string of the molecule is O=C1C(=O)N(Cc2ccco2)[C@@H](c2cccc(O)c2)C1=C(O)c1ccc(Br)cc1. The number of phenols is 1. The van der Waals surface area contributed by atoms with Crippen LogP contribution in [-0.4, -0.2) is 26.8 Å². The molecule has 29 heavy (non-hydrogen) atoms. The van der Waals surface area contributed by atoms with Crippen LogP contribution in [-0.2, 0) is 16.1 Å². The molecule has 0 spiro atoms. The van der Waals surface area contributed by atoms with Crippen LogP contribution in [0.5, 0.6) is 5.75 Å². The smallest absolute Gasteiger partial charge is 0.296 e. The summed E-state index contributed by atoms with van der Waals surface area (Å²) >= 11 is 3.33. The van der Waals surface area contributed by atoms with Gasteiger partial charge in [-0.05, 0) is 42.0 Å². The average Bonchev–Trinajstić information content (AvgIpc) is 3.30. The number of ketones is 1. The summed E-state index contributed by atoms with van der Waals surface area (Å²) in [4.78, 5) is 27.0. The van der Waals surface area contributed by atoms with E-state index in [0.29, 0.717) is 16.9 Å². The number of aromatic hydroxyl groups is 1. The van der Waals surface area contributed by atoms with Gasteiger partial charge in [0.1, 0.15) is 17.3 Å². The van der Waals surface area contributed by atoms with Crippen molar-refractivity contribution in [1.82, 2.24) is 4.90 Å². The van der Waals surface area contributed by atoms with E-state index < -0.39 is 17.7 Å². The largest absolute Gasteiger partial charge is 0.508 e. The highest BCUT2D eigenvalue weighted by molar-refractivity contribution is 9.10. The summed E-state index contributed by atoms with van der Waals surface area (Å²) in [7, 11) is 0. The first-order valence-electron chi connectivity index (χ1n) is 8.81. The number of hydrogen-bond donors (Lipinski definition) is 2. The second kappa shape index (κ2) is 7.60. The summed E-state index contributed by atoms with van der Waals surface area (Å²) in [5, 5.41) is 20.9. The Morgan fingerprint density at radius 1 is 1.07 bits per heavy atom. The van der Waals surface area contributed by atoms with Crippen molar-refractivity contribution < 1.29 is 24.2 Å². The molecule has 0 bridgehead atoms. The molecule has 1 aromatic heterocycles. The molecule has 2 heterocycles. The highest BCUT2D eigenvalue weighted by Crippen LogP contribution is 2.41. The molecule has 1 aliphatic heterocycles. The molecular formula is C22H16BrNO5. The summed E-state index contributed by atoms with van der Waals surface area (Å²) in [6.45, 7) is 0.0506. The molecule has 0 unspecified atom stereocenters. The maximum absolute atomic E-state index is 12.9. The molecule has 1 saturated heterocycles. The average molecular weight is 454 g/mol. The summed E-state index contributed by atoms with van der Waals surface area (Å²) in [6.07, 6.45) is 1.48. The van der Waals surface area contributed by atoms with Crippen molar-refractivity contribution in [1.29, 1.82) is 0 Å². The number of carbonyl (C=O) groups excluding carboxylic acids is 2. The first-order valence-corrected chi connectivity index (χ1v) is 9.60. The van der Waals surface area contributed by atoms with Gasteiger partial charge in [-0.3, -0.25) is 9.59 Å². The Labute approximate surface area is 174 Å². The van der Waals surface area contributed by atoms with Crippen LogP contribution in [0.25, 0.3) is 5.76 Å². The van der Waals surface area contributed by atoms with Crippen LogP contribution in [0, 0.1) is 0 Å². The molecule has 1 atom stereocenters. The number of hydrogen-bond acceptors (Lipinski definition) is 5. The van der Waals surface area contributed by atoms with Gasteiger partial charge in [0, 0.05) is 10.0 Å². The minimum Gasteiger partial charge on any atom is -0.508 e. The molecule has 1 fully saturated rings. The Morgan fingerprint density at radius 2 is 1.83 bits per heavy atom. The van der Waals surface area contributed by atoms with Crippen LogP contribution >= 0.6 is 15.9 Å². The molecule has 7 heteroatoms. The lowest BCUT2D eigenvalue weighted by Crippen LogP contribution is -2.29. The number of aliphatic hydroxyl groups is 1. The van der Waals surface area contributed by atoms with Crippen molar-refractivity contribution in [2.24, 2.45) is 0 Å². The number of aliphatic hydroxyl groups excluding tert-OH is 1. The Bertz CT molecular complexity index is 1100. The third kappa shape index (κ3) is 3.56. The third-order valence-corrected chi connectivity index (χ3v) is 5.28. The van der Waals surface area contributed by atoms with Gasteiger partial charge in [0.15, 0.2) is 0 Å². The van der Waals surface area contributed by atoms with Crippen molar-refractivity contribution >= 4 is 33.4 Å². The molecule has 1 amide bonds. The fourth-order valence-electron chi connectivity index (χ4n) is 3.42. The van der Waals surface area contributed by atoms with Gasteiger partial charge in [-0.2, -0.15) is 0 Å². The van der Waals surface area contributed by atoms with E-state index >= 15 is 0 Å². The Kier molecular flexibility index (Phi) is 4.98. The van der Waals surface area contributed by atoms with Gasteiger partial charge < -0.3 is 19.5 Å². The third-order valence-electron chi connectivity index (χ3n) is 4.75. The number of rotatable bonds is 4. The first kappa shape index (κ1) is 19.0. The Balaban J connectivity index is 1.87. The predicted octanol–water partition coefficient (Wildman–Crippen LogP) is 4.37. The van der Waals surface area contributed by atoms with Crippen molar-refractivity contribution in [2.45, 2.75) is 12.6 Å². The lowest BCUT2D eigenvalue weighted by Gasteiger charge is -2.24. The lowest BCUT2D eigenvalue weighted by atomic mass is 9.95. The topological polar surface area (TPSA) is 91.0 Å². The van der Waals surface area contributed by atoms with Gasteiger partial charge >= 0.3 is 0 Å². The van der Waals surface area contributed by atoms with E-state index in [4.69, 9.17) is 4.42 Å². The molecule has 0 radical (unpaired) electrons. The zero-order valence-electron chi connectivity index (χ0n) is 15.1. The highest BCUT2D eigenvalue weighted by Gasteiger charge is 2.46. The van der Waals surface area contributed by atoms with E-state index in [2.05, 4.69) is 15.9 Å². The second-order valence-electron chi connectivity index (χ2n) is 6.61. The molecule has 2 N–H and O–H groups in total. The van der Waals surface area contributed by atoms with Crippen molar-refractivity contribution in [2.75, 3.05) is 0 Å². The zero-order chi connectivity index (χ0) is 20.5. The number of likely N-dealkylation sites (tertiary alicyclic amines) is 1. The summed E-state index contributed by atoms with van der Waals surface area (Å²) in [5.41, 5.74) is 0.887. The van der Waals surface area contributed by atoms with Crippen molar-refractivity contribution in [3.05, 3.63) is 93.9 Å². The fourth-order valence-corrected chi connectivity index (χ4v) is 3.68. The van der Waals surface area contributed by atoms with E-state index in [-0.39, 0.29) is 23.6 Å². The van der Waals surface area contributed by atoms with E-state index in [1.54, 1.807) is 48.5 Å². The van der Waals surface area contributed by atoms with Crippen LogP contribution in [0.4, 0.5) is 0 Å². The molecule has 6 nitrogen and oxygen atoms in total. The van der Waals surface area contributed by atoms with E-state index in [1.807, 2.05) is 0 Å². The van der Waals surface area contributed by atoms with Gasteiger partial charge in [0.2, 0.25) is 0 Å². The minimum atomic E-state index is -0.865. The van der Waals surface area contributed by atoms with Gasteiger partial charge in [0.25, 0.3) is 11.7 Å². The number of benzene rings is 2. The van der Waals surface area contributed by atoms with Crippen LogP contribution in [0.2, 0.25) is 0 Å². The van der Waals surface area contributed by atoms with Gasteiger partial charge in [-0.25, -0.2) is 0 Å². The highest BCUT2D eigenvalue weighted by atomic mass is 79.9. The maximum Gasteiger partial charge on any atom is 0.296 e. The summed E-state index contributed by atoms with van der Waals surface area (Å²) in [6, 6.07) is 15.6.